The summed E-state index contributed by atoms with van der Waals surface area (Å²) in [5.41, 5.74) is 6.89. The average molecular weight is 268 g/mol. The van der Waals surface area contributed by atoms with E-state index in [9.17, 15) is 0 Å². The molecular formula is C15H22ClNO. The molecule has 0 radical (unpaired) electrons. The molecule has 100 valence electrons. The van der Waals surface area contributed by atoms with E-state index >= 15 is 0 Å². The van der Waals surface area contributed by atoms with E-state index < -0.39 is 0 Å². The first kappa shape index (κ1) is 15.1. The summed E-state index contributed by atoms with van der Waals surface area (Å²) in [6, 6.07) is 5.82. The Morgan fingerprint density at radius 3 is 2.67 bits per heavy atom. The van der Waals surface area contributed by atoms with Crippen molar-refractivity contribution in [2.24, 2.45) is 5.73 Å². The number of nitrogens with two attached hydrogens (primary N) is 1. The van der Waals surface area contributed by atoms with Gasteiger partial charge in [0.25, 0.3) is 0 Å². The number of hydrogen-bond acceptors (Lipinski definition) is 2. The van der Waals surface area contributed by atoms with Gasteiger partial charge >= 0.3 is 0 Å². The van der Waals surface area contributed by atoms with Crippen molar-refractivity contribution < 1.29 is 4.74 Å². The number of halogens is 1. The van der Waals surface area contributed by atoms with Crippen LogP contribution in [-0.2, 0) is 0 Å². The lowest BCUT2D eigenvalue weighted by molar-refractivity contribution is 0.340. The second kappa shape index (κ2) is 6.81. The number of ether oxygens (including phenoxy) is 1. The minimum Gasteiger partial charge on any atom is -0.492 e. The van der Waals surface area contributed by atoms with Crippen molar-refractivity contribution in [3.05, 3.63) is 34.9 Å². The Hall–Kier alpha value is -0.990. The molecule has 0 aliphatic rings. The first-order valence-electron chi connectivity index (χ1n) is 6.30. The van der Waals surface area contributed by atoms with Gasteiger partial charge in [-0.25, -0.2) is 0 Å². The van der Waals surface area contributed by atoms with Gasteiger partial charge in [0.05, 0.1) is 11.6 Å². The summed E-state index contributed by atoms with van der Waals surface area (Å²) in [5, 5.41) is 0.651. The average Bonchev–Trinajstić information content (AvgIpc) is 2.27. The maximum atomic E-state index is 6.11. The van der Waals surface area contributed by atoms with Crippen LogP contribution >= 0.6 is 11.6 Å². The molecule has 0 aliphatic heterocycles. The van der Waals surface area contributed by atoms with Crippen LogP contribution < -0.4 is 10.5 Å². The van der Waals surface area contributed by atoms with E-state index in [2.05, 4.69) is 12.2 Å². The molecule has 0 heterocycles. The zero-order valence-corrected chi connectivity index (χ0v) is 12.1. The molecule has 2 nitrogen and oxygen atoms in total. The SMILES string of the molecule is CCOc1ccc(/C=C/CCC(C)(C)N)cc1Cl. The van der Waals surface area contributed by atoms with Crippen molar-refractivity contribution >= 4 is 17.7 Å². The fraction of sp³-hybridized carbons (Fsp3) is 0.467. The molecule has 1 aromatic carbocycles. The second-order valence-corrected chi connectivity index (χ2v) is 5.46. The predicted octanol–water partition coefficient (Wildman–Crippen LogP) is 4.27. The van der Waals surface area contributed by atoms with E-state index in [0.717, 1.165) is 24.2 Å². The number of benzene rings is 1. The highest BCUT2D eigenvalue weighted by Gasteiger charge is 2.07. The topological polar surface area (TPSA) is 35.2 Å². The smallest absolute Gasteiger partial charge is 0.137 e. The van der Waals surface area contributed by atoms with Crippen molar-refractivity contribution in [3.8, 4) is 5.75 Å². The number of hydrogen-bond donors (Lipinski definition) is 1. The van der Waals surface area contributed by atoms with Crippen LogP contribution in [0.4, 0.5) is 0 Å². The Balaban J connectivity index is 2.58. The summed E-state index contributed by atoms with van der Waals surface area (Å²) < 4.78 is 5.39. The largest absolute Gasteiger partial charge is 0.492 e. The molecule has 0 bridgehead atoms. The van der Waals surface area contributed by atoms with Crippen LogP contribution in [0.2, 0.25) is 5.02 Å². The molecule has 0 saturated carbocycles. The van der Waals surface area contributed by atoms with Crippen LogP contribution in [0, 0.1) is 0 Å². The molecule has 3 heteroatoms. The monoisotopic (exact) mass is 267 g/mol. The molecule has 0 fully saturated rings. The van der Waals surface area contributed by atoms with Gasteiger partial charge in [0, 0.05) is 5.54 Å². The zero-order chi connectivity index (χ0) is 13.6. The van der Waals surface area contributed by atoms with Crippen molar-refractivity contribution in [1.82, 2.24) is 0 Å². The van der Waals surface area contributed by atoms with E-state index in [1.165, 1.54) is 0 Å². The van der Waals surface area contributed by atoms with E-state index in [0.29, 0.717) is 11.6 Å². The third-order valence-corrected chi connectivity index (χ3v) is 2.82. The highest BCUT2D eigenvalue weighted by molar-refractivity contribution is 6.32. The third-order valence-electron chi connectivity index (χ3n) is 2.52. The fourth-order valence-corrected chi connectivity index (χ4v) is 1.81. The number of allylic oxidation sites excluding steroid dienone is 1. The molecule has 2 N–H and O–H groups in total. The molecule has 0 amide bonds. The Bertz CT molecular complexity index is 407. The molecule has 0 aromatic heterocycles. The molecule has 0 spiro atoms. The molecular weight excluding hydrogens is 246 g/mol. The summed E-state index contributed by atoms with van der Waals surface area (Å²) in [6.07, 6.45) is 6.12. The summed E-state index contributed by atoms with van der Waals surface area (Å²) in [4.78, 5) is 0. The van der Waals surface area contributed by atoms with Gasteiger partial charge in [0.2, 0.25) is 0 Å². The van der Waals surface area contributed by atoms with Crippen LogP contribution in [0.1, 0.15) is 39.2 Å². The quantitative estimate of drug-likeness (QED) is 0.835. The lowest BCUT2D eigenvalue weighted by atomic mass is 10.00. The maximum Gasteiger partial charge on any atom is 0.137 e. The van der Waals surface area contributed by atoms with Gasteiger partial charge < -0.3 is 10.5 Å². The normalized spacial score (nSPS) is 12.1. The fourth-order valence-electron chi connectivity index (χ4n) is 1.57. The van der Waals surface area contributed by atoms with Crippen LogP contribution in [0.5, 0.6) is 5.75 Å². The van der Waals surface area contributed by atoms with Gasteiger partial charge in [-0.15, -0.1) is 0 Å². The minimum atomic E-state index is -0.110. The lowest BCUT2D eigenvalue weighted by Crippen LogP contribution is -2.31. The van der Waals surface area contributed by atoms with Gasteiger partial charge in [0.1, 0.15) is 5.75 Å². The van der Waals surface area contributed by atoms with Gasteiger partial charge in [0.15, 0.2) is 0 Å². The highest BCUT2D eigenvalue weighted by atomic mass is 35.5. The molecule has 1 aromatic rings. The highest BCUT2D eigenvalue weighted by Crippen LogP contribution is 2.26. The van der Waals surface area contributed by atoms with E-state index in [-0.39, 0.29) is 5.54 Å². The van der Waals surface area contributed by atoms with Gasteiger partial charge in [-0.3, -0.25) is 0 Å². The molecule has 0 unspecified atom stereocenters. The second-order valence-electron chi connectivity index (χ2n) is 5.05. The van der Waals surface area contributed by atoms with Crippen LogP contribution in [0.25, 0.3) is 6.08 Å². The van der Waals surface area contributed by atoms with Crippen molar-refractivity contribution in [1.29, 1.82) is 0 Å². The van der Waals surface area contributed by atoms with Gasteiger partial charge in [-0.05, 0) is 51.3 Å². The van der Waals surface area contributed by atoms with Crippen LogP contribution in [-0.4, -0.2) is 12.1 Å². The number of rotatable bonds is 6. The van der Waals surface area contributed by atoms with Crippen LogP contribution in [0.3, 0.4) is 0 Å². The summed E-state index contributed by atoms with van der Waals surface area (Å²) in [6.45, 7) is 6.64. The lowest BCUT2D eigenvalue weighted by Gasteiger charge is -2.16. The van der Waals surface area contributed by atoms with Crippen molar-refractivity contribution in [2.45, 2.75) is 39.2 Å². The standard InChI is InChI=1S/C15H22ClNO/c1-4-18-14-9-8-12(11-13(14)16)7-5-6-10-15(2,3)17/h5,7-9,11H,4,6,10,17H2,1-3H3/b7-5+. The Morgan fingerprint density at radius 1 is 1.39 bits per heavy atom. The predicted molar refractivity (Wildman–Crippen MR) is 79.2 cm³/mol. The van der Waals surface area contributed by atoms with E-state index in [4.69, 9.17) is 22.1 Å². The summed E-state index contributed by atoms with van der Waals surface area (Å²) >= 11 is 6.11. The molecule has 0 saturated heterocycles. The first-order chi connectivity index (χ1) is 8.42. The summed E-state index contributed by atoms with van der Waals surface area (Å²) in [7, 11) is 0. The van der Waals surface area contributed by atoms with Crippen molar-refractivity contribution in [3.63, 3.8) is 0 Å². The minimum absolute atomic E-state index is 0.110. The Morgan fingerprint density at radius 2 is 2.11 bits per heavy atom. The van der Waals surface area contributed by atoms with E-state index in [1.54, 1.807) is 0 Å². The molecule has 0 atom stereocenters. The Labute approximate surface area is 115 Å². The van der Waals surface area contributed by atoms with Gasteiger partial charge in [-0.1, -0.05) is 29.8 Å². The van der Waals surface area contributed by atoms with Crippen molar-refractivity contribution in [2.75, 3.05) is 6.61 Å². The maximum absolute atomic E-state index is 6.11. The molecule has 1 rings (SSSR count). The van der Waals surface area contributed by atoms with Crippen LogP contribution in [0.15, 0.2) is 24.3 Å². The first-order valence-corrected chi connectivity index (χ1v) is 6.68. The zero-order valence-electron chi connectivity index (χ0n) is 11.4. The van der Waals surface area contributed by atoms with Gasteiger partial charge in [-0.2, -0.15) is 0 Å². The third kappa shape index (κ3) is 5.56. The summed E-state index contributed by atoms with van der Waals surface area (Å²) in [5.74, 6) is 0.736. The Kier molecular flexibility index (Phi) is 5.70. The van der Waals surface area contributed by atoms with E-state index in [1.807, 2.05) is 39.0 Å². The molecule has 18 heavy (non-hydrogen) atoms. The molecule has 0 aliphatic carbocycles.